The fraction of sp³-hybridized carbons (Fsp3) is 0.526. The molecular weight excluding hydrogens is 348 g/mol. The fourth-order valence-corrected chi connectivity index (χ4v) is 4.26. The quantitative estimate of drug-likeness (QED) is 0.786. The number of hydrogen-bond acceptors (Lipinski definition) is 6. The Morgan fingerprint density at radius 1 is 1.19 bits per heavy atom. The molecule has 2 aliphatic rings. The van der Waals surface area contributed by atoms with Crippen molar-refractivity contribution in [3.8, 4) is 0 Å². The maximum Gasteiger partial charge on any atom is 0.230 e. The number of nitrogens with one attached hydrogen (secondary N) is 1. The van der Waals surface area contributed by atoms with Gasteiger partial charge in [-0.15, -0.1) is 0 Å². The number of para-hydroxylation sites is 2. The van der Waals surface area contributed by atoms with Gasteiger partial charge in [0, 0.05) is 26.2 Å². The molecule has 0 saturated carbocycles. The number of amides is 1. The normalized spacial score (nSPS) is 20.0. The topological polar surface area (TPSA) is 67.4 Å². The summed E-state index contributed by atoms with van der Waals surface area (Å²) in [6.07, 6.45) is 4.65. The van der Waals surface area contributed by atoms with Crippen molar-refractivity contribution in [3.63, 3.8) is 0 Å². The minimum Gasteiger partial charge on any atom is -0.376 e. The molecule has 2 saturated heterocycles. The van der Waals surface area contributed by atoms with E-state index >= 15 is 0 Å². The van der Waals surface area contributed by atoms with E-state index in [1.165, 1.54) is 24.6 Å². The van der Waals surface area contributed by atoms with Crippen LogP contribution >= 0.6 is 11.8 Å². The molecule has 0 spiro atoms. The number of fused-ring (bicyclic) bond motifs is 1. The zero-order valence-electron chi connectivity index (χ0n) is 14.8. The number of aromatic nitrogens is 2. The Morgan fingerprint density at radius 2 is 1.96 bits per heavy atom. The first-order valence-electron chi connectivity index (χ1n) is 9.32. The Labute approximate surface area is 157 Å². The zero-order valence-corrected chi connectivity index (χ0v) is 15.6. The van der Waals surface area contributed by atoms with E-state index in [1.807, 2.05) is 24.3 Å². The van der Waals surface area contributed by atoms with Crippen molar-refractivity contribution < 1.29 is 9.53 Å². The molecule has 7 heteroatoms. The molecule has 1 aromatic carbocycles. The highest BCUT2D eigenvalue weighted by molar-refractivity contribution is 8.00. The lowest BCUT2D eigenvalue weighted by molar-refractivity contribution is -0.119. The number of carbonyl (C=O) groups is 1. The molecule has 0 bridgehead atoms. The van der Waals surface area contributed by atoms with Gasteiger partial charge >= 0.3 is 0 Å². The van der Waals surface area contributed by atoms with Crippen LogP contribution < -0.4 is 10.2 Å². The number of rotatable bonds is 6. The van der Waals surface area contributed by atoms with Crippen LogP contribution in [-0.2, 0) is 9.53 Å². The van der Waals surface area contributed by atoms with Gasteiger partial charge in [-0.3, -0.25) is 4.79 Å². The summed E-state index contributed by atoms with van der Waals surface area (Å²) in [5.74, 6) is 1.28. The van der Waals surface area contributed by atoms with Crippen LogP contribution in [0.1, 0.15) is 25.7 Å². The third-order valence-corrected chi connectivity index (χ3v) is 5.77. The van der Waals surface area contributed by atoms with E-state index < -0.39 is 0 Å². The van der Waals surface area contributed by atoms with E-state index in [4.69, 9.17) is 14.7 Å². The third kappa shape index (κ3) is 4.10. The lowest BCUT2D eigenvalue weighted by atomic mass is 10.2. The summed E-state index contributed by atoms with van der Waals surface area (Å²) in [4.78, 5) is 24.1. The summed E-state index contributed by atoms with van der Waals surface area (Å²) in [7, 11) is 0. The number of hydrogen-bond donors (Lipinski definition) is 1. The van der Waals surface area contributed by atoms with E-state index in [-0.39, 0.29) is 12.0 Å². The van der Waals surface area contributed by atoms with Crippen LogP contribution in [0.25, 0.3) is 11.0 Å². The summed E-state index contributed by atoms with van der Waals surface area (Å²) in [6.45, 7) is 3.42. The largest absolute Gasteiger partial charge is 0.376 e. The zero-order chi connectivity index (χ0) is 17.8. The molecule has 2 aromatic rings. The van der Waals surface area contributed by atoms with Gasteiger partial charge in [-0.1, -0.05) is 23.9 Å². The second-order valence-corrected chi connectivity index (χ2v) is 7.73. The van der Waals surface area contributed by atoms with Gasteiger partial charge in [0.15, 0.2) is 5.82 Å². The van der Waals surface area contributed by atoms with E-state index in [0.29, 0.717) is 12.3 Å². The van der Waals surface area contributed by atoms with Crippen LogP contribution in [0.3, 0.4) is 0 Å². The fourth-order valence-electron chi connectivity index (χ4n) is 3.42. The second-order valence-electron chi connectivity index (χ2n) is 6.76. The van der Waals surface area contributed by atoms with Crippen molar-refractivity contribution in [2.24, 2.45) is 0 Å². The van der Waals surface area contributed by atoms with Crippen molar-refractivity contribution in [1.29, 1.82) is 0 Å². The average molecular weight is 372 g/mol. The molecule has 1 amide bonds. The van der Waals surface area contributed by atoms with Crippen molar-refractivity contribution in [3.05, 3.63) is 24.3 Å². The van der Waals surface area contributed by atoms with E-state index in [0.717, 1.165) is 54.4 Å². The number of benzene rings is 1. The molecule has 0 radical (unpaired) electrons. The molecule has 6 nitrogen and oxygen atoms in total. The van der Waals surface area contributed by atoms with Gasteiger partial charge in [0.1, 0.15) is 5.03 Å². The standard InChI is InChI=1S/C19H24N4O2S/c24-17(20-12-14-6-5-11-25-14)13-26-19-18(23-9-3-4-10-23)21-15-7-1-2-8-16(15)22-19/h1-2,7-8,14H,3-6,9-13H2,(H,20,24)/t14-/m1/s1. The Kier molecular flexibility index (Phi) is 5.55. The first-order valence-corrected chi connectivity index (χ1v) is 10.3. The Hall–Kier alpha value is -1.86. The lowest BCUT2D eigenvalue weighted by Gasteiger charge is -2.19. The van der Waals surface area contributed by atoms with Crippen LogP contribution in [0.4, 0.5) is 5.82 Å². The molecule has 3 heterocycles. The SMILES string of the molecule is O=C(CSc1nc2ccccc2nc1N1CCCC1)NC[C@H]1CCCO1. The predicted molar refractivity (Wildman–Crippen MR) is 104 cm³/mol. The Morgan fingerprint density at radius 3 is 2.69 bits per heavy atom. The minimum atomic E-state index is 0.0211. The van der Waals surface area contributed by atoms with Crippen LogP contribution in [0.5, 0.6) is 0 Å². The van der Waals surface area contributed by atoms with Gasteiger partial charge < -0.3 is 15.0 Å². The molecule has 4 rings (SSSR count). The van der Waals surface area contributed by atoms with Crippen molar-refractivity contribution in [1.82, 2.24) is 15.3 Å². The lowest BCUT2D eigenvalue weighted by Crippen LogP contribution is -2.33. The summed E-state index contributed by atoms with van der Waals surface area (Å²) in [5, 5.41) is 3.82. The van der Waals surface area contributed by atoms with E-state index in [2.05, 4.69) is 10.2 Å². The van der Waals surface area contributed by atoms with E-state index in [9.17, 15) is 4.79 Å². The number of thioether (sulfide) groups is 1. The van der Waals surface area contributed by atoms with Gasteiger partial charge in [-0.2, -0.15) is 0 Å². The maximum absolute atomic E-state index is 12.2. The van der Waals surface area contributed by atoms with E-state index in [1.54, 1.807) is 0 Å². The number of anilines is 1. The number of ether oxygens (including phenoxy) is 1. The molecular formula is C19H24N4O2S. The smallest absolute Gasteiger partial charge is 0.230 e. The van der Waals surface area contributed by atoms with Crippen molar-refractivity contribution in [2.45, 2.75) is 36.8 Å². The summed E-state index contributed by atoms with van der Waals surface area (Å²) >= 11 is 1.47. The monoisotopic (exact) mass is 372 g/mol. The maximum atomic E-state index is 12.2. The molecule has 0 unspecified atom stereocenters. The average Bonchev–Trinajstić information content (AvgIpc) is 3.37. The van der Waals surface area contributed by atoms with Gasteiger partial charge in [0.25, 0.3) is 0 Å². The van der Waals surface area contributed by atoms with Crippen molar-refractivity contribution in [2.75, 3.05) is 36.9 Å². The molecule has 0 aliphatic carbocycles. The second kappa shape index (κ2) is 8.22. The van der Waals surface area contributed by atoms with Gasteiger partial charge in [0.05, 0.1) is 22.9 Å². The highest BCUT2D eigenvalue weighted by Gasteiger charge is 2.21. The highest BCUT2D eigenvalue weighted by Crippen LogP contribution is 2.31. The molecule has 1 N–H and O–H groups in total. The summed E-state index contributed by atoms with van der Waals surface area (Å²) in [6, 6.07) is 7.91. The molecule has 1 atom stereocenters. The van der Waals surface area contributed by atoms with Gasteiger partial charge in [0.2, 0.25) is 5.91 Å². The Balaban J connectivity index is 1.45. The first kappa shape index (κ1) is 17.5. The molecule has 1 aromatic heterocycles. The van der Waals surface area contributed by atoms with Gasteiger partial charge in [-0.05, 0) is 37.8 Å². The minimum absolute atomic E-state index is 0.0211. The highest BCUT2D eigenvalue weighted by atomic mass is 32.2. The van der Waals surface area contributed by atoms with Crippen LogP contribution in [0.2, 0.25) is 0 Å². The summed E-state index contributed by atoms with van der Waals surface area (Å²) < 4.78 is 5.55. The van der Waals surface area contributed by atoms with Crippen LogP contribution in [0.15, 0.2) is 29.3 Å². The third-order valence-electron chi connectivity index (χ3n) is 4.82. The van der Waals surface area contributed by atoms with Crippen LogP contribution in [-0.4, -0.2) is 54.0 Å². The van der Waals surface area contributed by atoms with Crippen molar-refractivity contribution >= 4 is 34.5 Å². The number of carbonyl (C=O) groups excluding carboxylic acids is 1. The van der Waals surface area contributed by atoms with Gasteiger partial charge in [-0.25, -0.2) is 9.97 Å². The molecule has 2 fully saturated rings. The first-order chi connectivity index (χ1) is 12.8. The summed E-state index contributed by atoms with van der Waals surface area (Å²) in [5.41, 5.74) is 1.78. The number of nitrogens with zero attached hydrogens (tertiary/aromatic N) is 3. The van der Waals surface area contributed by atoms with Crippen LogP contribution in [0, 0.1) is 0 Å². The molecule has 138 valence electrons. The molecule has 2 aliphatic heterocycles. The Bertz CT molecular complexity index is 773. The predicted octanol–water partition coefficient (Wildman–Crippen LogP) is 2.62. The molecule has 26 heavy (non-hydrogen) atoms.